The molecular weight excluding hydrogens is 380 g/mol. The van der Waals surface area contributed by atoms with Crippen LogP contribution in [-0.2, 0) is 11.3 Å². The Morgan fingerprint density at radius 2 is 2.00 bits per heavy atom. The number of halogens is 2. The molecule has 2 rings (SSSR count). The van der Waals surface area contributed by atoms with Gasteiger partial charge >= 0.3 is 0 Å². The van der Waals surface area contributed by atoms with Gasteiger partial charge in [-0.3, -0.25) is 9.79 Å². The van der Waals surface area contributed by atoms with Crippen LogP contribution in [0.15, 0.2) is 41.3 Å². The van der Waals surface area contributed by atoms with Crippen molar-refractivity contribution < 1.29 is 13.6 Å². The maximum absolute atomic E-state index is 13.8. The lowest BCUT2D eigenvalue weighted by Crippen LogP contribution is -2.24. The van der Waals surface area contributed by atoms with Crippen LogP contribution in [0.25, 0.3) is 0 Å². The number of hydrogen-bond acceptors (Lipinski definition) is 7. The second-order valence-electron chi connectivity index (χ2n) is 6.28. The molecule has 1 amide bonds. The molecule has 0 aliphatic heterocycles. The summed E-state index contributed by atoms with van der Waals surface area (Å²) < 4.78 is 27.6. The number of aromatic nitrogens is 2. The largest absolute Gasteiger partial charge is 0.403 e. The first kappa shape index (κ1) is 21.7. The molecule has 0 saturated carbocycles. The molecular formula is C19H23F2N7O. The number of hydrogen-bond donors (Lipinski definition) is 3. The Kier molecular flexibility index (Phi) is 7.58. The van der Waals surface area contributed by atoms with Crippen LogP contribution < -0.4 is 16.4 Å². The minimum absolute atomic E-state index is 0.0260. The van der Waals surface area contributed by atoms with E-state index in [1.54, 1.807) is 27.2 Å². The summed E-state index contributed by atoms with van der Waals surface area (Å²) in [5.41, 5.74) is 6.56. The molecule has 0 aliphatic carbocycles. The van der Waals surface area contributed by atoms with Crippen LogP contribution in [0, 0.1) is 18.6 Å². The molecule has 10 heteroatoms. The second kappa shape index (κ2) is 10.1. The lowest BCUT2D eigenvalue weighted by atomic mass is 10.2. The average molecular weight is 403 g/mol. The SMILES string of the molecule is Cc1cnc(N/C(C=NCC(=O)N(C)C)=C/N)nc1NCc1c(F)cccc1F. The number of carbonyl (C=O) groups is 1. The Morgan fingerprint density at radius 3 is 2.62 bits per heavy atom. The Balaban J connectivity index is 2.07. The van der Waals surface area contributed by atoms with Crippen LogP contribution in [0.4, 0.5) is 20.5 Å². The van der Waals surface area contributed by atoms with E-state index in [2.05, 4.69) is 25.6 Å². The first-order chi connectivity index (χ1) is 13.8. The van der Waals surface area contributed by atoms with Gasteiger partial charge in [-0.05, 0) is 19.1 Å². The molecule has 2 aromatic rings. The Bertz CT molecular complexity index is 909. The molecule has 0 atom stereocenters. The minimum atomic E-state index is -0.639. The molecule has 0 radical (unpaired) electrons. The number of carbonyl (C=O) groups excluding carboxylic acids is 1. The van der Waals surface area contributed by atoms with Crippen LogP contribution >= 0.6 is 0 Å². The van der Waals surface area contributed by atoms with Gasteiger partial charge in [0.2, 0.25) is 11.9 Å². The summed E-state index contributed by atoms with van der Waals surface area (Å²) in [6.45, 7) is 1.66. The smallest absolute Gasteiger partial charge is 0.243 e. The lowest BCUT2D eigenvalue weighted by molar-refractivity contribution is -0.127. The fourth-order valence-electron chi connectivity index (χ4n) is 2.16. The zero-order valence-electron chi connectivity index (χ0n) is 16.4. The van der Waals surface area contributed by atoms with Crippen molar-refractivity contribution in [1.82, 2.24) is 14.9 Å². The first-order valence-corrected chi connectivity index (χ1v) is 8.71. The maximum atomic E-state index is 13.8. The van der Waals surface area contributed by atoms with E-state index < -0.39 is 11.6 Å². The molecule has 0 bridgehead atoms. The fraction of sp³-hybridized carbons (Fsp3) is 0.263. The van der Waals surface area contributed by atoms with E-state index in [-0.39, 0.29) is 30.5 Å². The van der Waals surface area contributed by atoms with Crippen LogP contribution in [0.5, 0.6) is 0 Å². The Labute approximate surface area is 167 Å². The topological polar surface area (TPSA) is 109 Å². The van der Waals surface area contributed by atoms with E-state index in [0.29, 0.717) is 17.1 Å². The molecule has 0 saturated heterocycles. The maximum Gasteiger partial charge on any atom is 0.243 e. The number of nitrogens with zero attached hydrogens (tertiary/aromatic N) is 4. The van der Waals surface area contributed by atoms with Crippen molar-refractivity contribution in [2.75, 3.05) is 31.3 Å². The van der Waals surface area contributed by atoms with E-state index in [1.807, 2.05) is 0 Å². The third-order valence-electron chi connectivity index (χ3n) is 3.86. The molecule has 1 aromatic carbocycles. The van der Waals surface area contributed by atoms with Crippen molar-refractivity contribution in [2.24, 2.45) is 10.7 Å². The normalized spacial score (nSPS) is 11.6. The first-order valence-electron chi connectivity index (χ1n) is 8.71. The summed E-state index contributed by atoms with van der Waals surface area (Å²) in [7, 11) is 3.27. The third kappa shape index (κ3) is 6.23. The van der Waals surface area contributed by atoms with Gasteiger partial charge in [-0.25, -0.2) is 13.8 Å². The van der Waals surface area contributed by atoms with E-state index in [1.165, 1.54) is 35.5 Å². The predicted molar refractivity (Wildman–Crippen MR) is 108 cm³/mol. The van der Waals surface area contributed by atoms with Gasteiger partial charge in [0.25, 0.3) is 0 Å². The van der Waals surface area contributed by atoms with Crippen molar-refractivity contribution in [2.45, 2.75) is 13.5 Å². The Hall–Kier alpha value is -3.56. The van der Waals surface area contributed by atoms with Crippen molar-refractivity contribution in [3.05, 3.63) is 59.1 Å². The van der Waals surface area contributed by atoms with E-state index in [0.717, 1.165) is 0 Å². The number of aryl methyl sites for hydroxylation is 1. The summed E-state index contributed by atoms with van der Waals surface area (Å²) in [5, 5.41) is 5.78. The molecule has 0 fully saturated rings. The molecule has 1 heterocycles. The summed E-state index contributed by atoms with van der Waals surface area (Å²) in [6.07, 6.45) is 4.21. The van der Waals surface area contributed by atoms with Crippen LogP contribution in [0.3, 0.4) is 0 Å². The van der Waals surface area contributed by atoms with E-state index >= 15 is 0 Å². The third-order valence-corrected chi connectivity index (χ3v) is 3.86. The second-order valence-corrected chi connectivity index (χ2v) is 6.28. The van der Waals surface area contributed by atoms with Gasteiger partial charge < -0.3 is 21.3 Å². The minimum Gasteiger partial charge on any atom is -0.403 e. The molecule has 29 heavy (non-hydrogen) atoms. The van der Waals surface area contributed by atoms with Gasteiger partial charge in [0.05, 0.1) is 5.70 Å². The van der Waals surface area contributed by atoms with E-state index in [4.69, 9.17) is 5.73 Å². The zero-order chi connectivity index (χ0) is 21.4. The van der Waals surface area contributed by atoms with Gasteiger partial charge in [-0.1, -0.05) is 6.07 Å². The monoisotopic (exact) mass is 403 g/mol. The highest BCUT2D eigenvalue weighted by molar-refractivity contribution is 5.85. The predicted octanol–water partition coefficient (Wildman–Crippen LogP) is 2.05. The van der Waals surface area contributed by atoms with Gasteiger partial charge in [-0.15, -0.1) is 0 Å². The molecule has 8 nitrogen and oxygen atoms in total. The van der Waals surface area contributed by atoms with Gasteiger partial charge in [0.15, 0.2) is 0 Å². The molecule has 0 unspecified atom stereocenters. The van der Waals surface area contributed by atoms with Crippen molar-refractivity contribution in [3.63, 3.8) is 0 Å². The van der Waals surface area contributed by atoms with Crippen LogP contribution in [0.2, 0.25) is 0 Å². The number of nitrogens with one attached hydrogen (secondary N) is 2. The number of allylic oxidation sites excluding steroid dienone is 1. The molecule has 1 aromatic heterocycles. The highest BCUT2D eigenvalue weighted by Gasteiger charge is 2.10. The fourth-order valence-corrected chi connectivity index (χ4v) is 2.16. The zero-order valence-corrected chi connectivity index (χ0v) is 16.4. The number of rotatable bonds is 8. The summed E-state index contributed by atoms with van der Waals surface area (Å²) >= 11 is 0. The molecule has 154 valence electrons. The quantitative estimate of drug-likeness (QED) is 0.582. The number of anilines is 2. The van der Waals surface area contributed by atoms with E-state index in [9.17, 15) is 13.6 Å². The lowest BCUT2D eigenvalue weighted by Gasteiger charge is -2.12. The number of amides is 1. The Morgan fingerprint density at radius 1 is 1.31 bits per heavy atom. The summed E-state index contributed by atoms with van der Waals surface area (Å²) in [4.78, 5) is 25.4. The molecule has 0 spiro atoms. The van der Waals surface area contributed by atoms with Crippen LogP contribution in [-0.4, -0.2) is 47.6 Å². The number of nitrogens with two attached hydrogens (primary N) is 1. The van der Waals surface area contributed by atoms with Gasteiger partial charge in [0, 0.05) is 50.4 Å². The number of aliphatic imine (C=N–C) groups is 1. The molecule has 0 aliphatic rings. The number of benzene rings is 1. The summed E-state index contributed by atoms with van der Waals surface area (Å²) in [5.74, 6) is -0.828. The van der Waals surface area contributed by atoms with Crippen molar-refractivity contribution >= 4 is 23.9 Å². The standard InChI is InChI=1S/C19H23F2N7O/c1-12-8-25-19(26-13(7-22)9-23-11-17(29)28(2)3)27-18(12)24-10-14-15(20)5-4-6-16(14)21/h4-9H,10-11,22H2,1-3H3,(H2,24,25,26,27)/b13-7+,23-9?. The van der Waals surface area contributed by atoms with Crippen LogP contribution in [0.1, 0.15) is 11.1 Å². The average Bonchev–Trinajstić information content (AvgIpc) is 2.68. The van der Waals surface area contributed by atoms with Crippen molar-refractivity contribution in [1.29, 1.82) is 0 Å². The highest BCUT2D eigenvalue weighted by Crippen LogP contribution is 2.17. The summed E-state index contributed by atoms with van der Waals surface area (Å²) in [6, 6.07) is 3.69. The molecule has 4 N–H and O–H groups in total. The van der Waals surface area contributed by atoms with Gasteiger partial charge in [0.1, 0.15) is 24.0 Å². The number of likely N-dealkylation sites (N-methyl/N-ethyl adjacent to an activating group) is 1. The van der Waals surface area contributed by atoms with Gasteiger partial charge in [-0.2, -0.15) is 4.98 Å². The highest BCUT2D eigenvalue weighted by atomic mass is 19.1. The van der Waals surface area contributed by atoms with Crippen molar-refractivity contribution in [3.8, 4) is 0 Å².